The van der Waals surface area contributed by atoms with Crippen molar-refractivity contribution in [3.05, 3.63) is 85.2 Å². The van der Waals surface area contributed by atoms with Crippen molar-refractivity contribution in [1.82, 2.24) is 9.78 Å². The highest BCUT2D eigenvalue weighted by Gasteiger charge is 2.24. The van der Waals surface area contributed by atoms with E-state index in [1.54, 1.807) is 24.3 Å². The van der Waals surface area contributed by atoms with Gasteiger partial charge in [0, 0.05) is 18.3 Å². The van der Waals surface area contributed by atoms with E-state index in [1.807, 2.05) is 0 Å². The van der Waals surface area contributed by atoms with Gasteiger partial charge in [0.25, 0.3) is 17.3 Å². The molecule has 0 atom stereocenters. The van der Waals surface area contributed by atoms with Crippen molar-refractivity contribution in [2.24, 2.45) is 0 Å². The number of benzene rings is 2. The second-order valence-corrected chi connectivity index (χ2v) is 6.46. The van der Waals surface area contributed by atoms with Gasteiger partial charge in [-0.25, -0.2) is 4.68 Å². The average molecular weight is 432 g/mol. The van der Waals surface area contributed by atoms with E-state index in [1.165, 1.54) is 23.9 Å². The van der Waals surface area contributed by atoms with Crippen molar-refractivity contribution in [2.45, 2.75) is 13.7 Å². The standard InChI is InChI=1S/C18H14ClN5O6/c1-11-15(23(26)27)8-12(9-16(11)24(28)29)20-18(25)14-6-7-22(21-14)10-30-17-5-3-2-4-13(17)19/h2-9H,10H2,1H3,(H,20,25). The fraction of sp³-hybridized carbons (Fsp3) is 0.111. The largest absolute Gasteiger partial charge is 0.470 e. The number of hydrogen-bond donors (Lipinski definition) is 1. The van der Waals surface area contributed by atoms with Crippen molar-refractivity contribution in [1.29, 1.82) is 0 Å². The van der Waals surface area contributed by atoms with E-state index in [-0.39, 0.29) is 23.7 Å². The van der Waals surface area contributed by atoms with Crippen LogP contribution in [-0.2, 0) is 6.73 Å². The van der Waals surface area contributed by atoms with Gasteiger partial charge in [0.15, 0.2) is 12.4 Å². The number of carbonyl (C=O) groups is 1. The monoisotopic (exact) mass is 431 g/mol. The molecule has 0 unspecified atom stereocenters. The molecule has 1 amide bonds. The molecule has 11 nitrogen and oxygen atoms in total. The zero-order valence-corrected chi connectivity index (χ0v) is 16.2. The molecule has 1 N–H and O–H groups in total. The van der Waals surface area contributed by atoms with Crippen LogP contribution in [0.5, 0.6) is 5.75 Å². The minimum Gasteiger partial charge on any atom is -0.470 e. The minimum absolute atomic E-state index is 0.0105. The second-order valence-electron chi connectivity index (χ2n) is 6.05. The topological polar surface area (TPSA) is 142 Å². The van der Waals surface area contributed by atoms with Crippen LogP contribution in [0.15, 0.2) is 48.7 Å². The van der Waals surface area contributed by atoms with Gasteiger partial charge in [0.05, 0.1) is 20.6 Å². The summed E-state index contributed by atoms with van der Waals surface area (Å²) in [5.41, 5.74) is -1.16. The molecule has 0 fully saturated rings. The lowest BCUT2D eigenvalue weighted by Crippen LogP contribution is -2.15. The van der Waals surface area contributed by atoms with Crippen LogP contribution in [0.2, 0.25) is 5.02 Å². The quantitative estimate of drug-likeness (QED) is 0.440. The number of rotatable bonds is 7. The zero-order valence-electron chi connectivity index (χ0n) is 15.4. The van der Waals surface area contributed by atoms with Crippen LogP contribution in [0.4, 0.5) is 17.1 Å². The summed E-state index contributed by atoms with van der Waals surface area (Å²) in [7, 11) is 0. The summed E-state index contributed by atoms with van der Waals surface area (Å²) >= 11 is 6.00. The third-order valence-corrected chi connectivity index (χ3v) is 4.38. The van der Waals surface area contributed by atoms with Gasteiger partial charge in [-0.2, -0.15) is 5.10 Å². The molecule has 0 saturated heterocycles. The Hall–Kier alpha value is -3.99. The molecule has 0 saturated carbocycles. The third-order valence-electron chi connectivity index (χ3n) is 4.07. The van der Waals surface area contributed by atoms with E-state index in [2.05, 4.69) is 10.4 Å². The molecule has 154 valence electrons. The molecular formula is C18H14ClN5O6. The first-order chi connectivity index (χ1) is 14.3. The highest BCUT2D eigenvalue weighted by atomic mass is 35.5. The molecule has 0 aliphatic heterocycles. The molecule has 0 spiro atoms. The van der Waals surface area contributed by atoms with Crippen molar-refractivity contribution >= 4 is 34.6 Å². The number of anilines is 1. The molecule has 1 heterocycles. The van der Waals surface area contributed by atoms with Gasteiger partial charge in [-0.15, -0.1) is 0 Å². The molecular weight excluding hydrogens is 418 g/mol. The predicted octanol–water partition coefficient (Wildman–Crippen LogP) is 3.95. The smallest absolute Gasteiger partial charge is 0.281 e. The summed E-state index contributed by atoms with van der Waals surface area (Å²) in [6.45, 7) is 1.25. The fourth-order valence-electron chi connectivity index (χ4n) is 2.58. The van der Waals surface area contributed by atoms with Crippen LogP contribution in [0, 0.1) is 27.2 Å². The summed E-state index contributed by atoms with van der Waals surface area (Å²) in [5.74, 6) is -0.251. The normalized spacial score (nSPS) is 10.5. The summed E-state index contributed by atoms with van der Waals surface area (Å²) in [6, 6.07) is 10.4. The third kappa shape index (κ3) is 4.52. The van der Waals surface area contributed by atoms with Crippen LogP contribution in [0.1, 0.15) is 16.1 Å². The molecule has 3 aromatic rings. The molecule has 0 aliphatic carbocycles. The van der Waals surface area contributed by atoms with Crippen LogP contribution in [0.3, 0.4) is 0 Å². The minimum atomic E-state index is -0.751. The second kappa shape index (κ2) is 8.57. The van der Waals surface area contributed by atoms with Gasteiger partial charge in [-0.05, 0) is 25.1 Å². The lowest BCUT2D eigenvalue weighted by Gasteiger charge is -2.07. The molecule has 0 aliphatic rings. The molecule has 12 heteroatoms. The number of nitrogens with one attached hydrogen (secondary N) is 1. The lowest BCUT2D eigenvalue weighted by atomic mass is 10.1. The number of nitro groups is 2. The van der Waals surface area contributed by atoms with E-state index in [0.29, 0.717) is 10.8 Å². The van der Waals surface area contributed by atoms with E-state index >= 15 is 0 Å². The maximum Gasteiger partial charge on any atom is 0.281 e. The van der Waals surface area contributed by atoms with Crippen molar-refractivity contribution in [3.63, 3.8) is 0 Å². The van der Waals surface area contributed by atoms with Crippen LogP contribution in [0.25, 0.3) is 0 Å². The SMILES string of the molecule is Cc1c([N+](=O)[O-])cc(NC(=O)c2ccn(COc3ccccc3Cl)n2)cc1[N+](=O)[O-]. The number of nitro benzene ring substituents is 2. The molecule has 2 aromatic carbocycles. The lowest BCUT2D eigenvalue weighted by molar-refractivity contribution is -0.395. The maximum absolute atomic E-state index is 12.4. The van der Waals surface area contributed by atoms with Crippen LogP contribution < -0.4 is 10.1 Å². The van der Waals surface area contributed by atoms with Gasteiger partial charge in [-0.3, -0.25) is 25.0 Å². The van der Waals surface area contributed by atoms with Gasteiger partial charge >= 0.3 is 0 Å². The number of halogens is 1. The van der Waals surface area contributed by atoms with Crippen LogP contribution >= 0.6 is 11.6 Å². The zero-order chi connectivity index (χ0) is 21.8. The Bertz CT molecular complexity index is 1110. The number of hydrogen-bond acceptors (Lipinski definition) is 7. The first-order valence-electron chi connectivity index (χ1n) is 8.42. The highest BCUT2D eigenvalue weighted by molar-refractivity contribution is 6.32. The Morgan fingerprint density at radius 1 is 1.17 bits per heavy atom. The number of aromatic nitrogens is 2. The number of carbonyl (C=O) groups excluding carboxylic acids is 1. The molecule has 0 bridgehead atoms. The maximum atomic E-state index is 12.4. The predicted molar refractivity (Wildman–Crippen MR) is 107 cm³/mol. The van der Waals surface area contributed by atoms with Gasteiger partial charge in [0.1, 0.15) is 11.3 Å². The molecule has 3 rings (SSSR count). The highest BCUT2D eigenvalue weighted by Crippen LogP contribution is 2.31. The van der Waals surface area contributed by atoms with Gasteiger partial charge in [0.2, 0.25) is 0 Å². The van der Waals surface area contributed by atoms with Crippen molar-refractivity contribution in [3.8, 4) is 5.75 Å². The summed E-state index contributed by atoms with van der Waals surface area (Å²) in [5, 5.41) is 29.2. The summed E-state index contributed by atoms with van der Waals surface area (Å²) in [6.07, 6.45) is 1.49. The van der Waals surface area contributed by atoms with E-state index in [9.17, 15) is 25.0 Å². The number of ether oxygens (including phenoxy) is 1. The van der Waals surface area contributed by atoms with E-state index in [0.717, 1.165) is 12.1 Å². The Morgan fingerprint density at radius 3 is 2.40 bits per heavy atom. The van der Waals surface area contributed by atoms with Crippen LogP contribution in [-0.4, -0.2) is 25.5 Å². The number of nitrogens with zero attached hydrogens (tertiary/aromatic N) is 4. The average Bonchev–Trinajstić information content (AvgIpc) is 3.17. The van der Waals surface area contributed by atoms with Crippen molar-refractivity contribution in [2.75, 3.05) is 5.32 Å². The summed E-state index contributed by atoms with van der Waals surface area (Å²) < 4.78 is 6.86. The van der Waals surface area contributed by atoms with Gasteiger partial charge in [-0.1, -0.05) is 23.7 Å². The fourth-order valence-corrected chi connectivity index (χ4v) is 2.77. The van der Waals surface area contributed by atoms with E-state index in [4.69, 9.17) is 16.3 Å². The van der Waals surface area contributed by atoms with Gasteiger partial charge < -0.3 is 10.1 Å². The molecule has 0 radical (unpaired) electrons. The Morgan fingerprint density at radius 2 is 1.80 bits per heavy atom. The first kappa shape index (κ1) is 20.7. The first-order valence-corrected chi connectivity index (χ1v) is 8.79. The Labute approximate surface area is 174 Å². The number of para-hydroxylation sites is 1. The summed E-state index contributed by atoms with van der Waals surface area (Å²) in [4.78, 5) is 33.2. The Balaban J connectivity index is 1.75. The number of amides is 1. The van der Waals surface area contributed by atoms with Crippen molar-refractivity contribution < 1.29 is 19.4 Å². The molecule has 1 aromatic heterocycles. The van der Waals surface area contributed by atoms with E-state index < -0.39 is 27.1 Å². The Kier molecular flexibility index (Phi) is 5.93. The molecule has 30 heavy (non-hydrogen) atoms.